The van der Waals surface area contributed by atoms with Crippen LogP contribution in [0.5, 0.6) is 5.75 Å². The molecule has 2 aromatic heterocycles. The molecule has 0 aliphatic heterocycles. The Morgan fingerprint density at radius 2 is 1.73 bits per heavy atom. The van der Waals surface area contributed by atoms with Gasteiger partial charge in [-0.25, -0.2) is 18.0 Å². The van der Waals surface area contributed by atoms with E-state index in [0.717, 1.165) is 6.26 Å². The van der Waals surface area contributed by atoms with Crippen LogP contribution in [0.1, 0.15) is 0 Å². The Hall–Kier alpha value is -3.33. The smallest absolute Gasteiger partial charge is 0.344 e. The predicted molar refractivity (Wildman–Crippen MR) is 96.1 cm³/mol. The zero-order chi connectivity index (χ0) is 18.9. The average molecular weight is 375 g/mol. The maximum absolute atomic E-state index is 12.2. The Bertz CT molecular complexity index is 1310. The van der Waals surface area contributed by atoms with Crippen molar-refractivity contribution in [2.75, 3.05) is 6.26 Å². The molecule has 0 saturated heterocycles. The van der Waals surface area contributed by atoms with E-state index in [-0.39, 0.29) is 22.1 Å². The number of hydrogen-bond donors (Lipinski definition) is 2. The Morgan fingerprint density at radius 1 is 1.04 bits per heavy atom. The second-order valence-corrected chi connectivity index (χ2v) is 7.18. The Labute approximate surface area is 146 Å². The van der Waals surface area contributed by atoms with Gasteiger partial charge < -0.3 is 13.9 Å². The molecule has 2 N–H and O–H groups in total. The summed E-state index contributed by atoms with van der Waals surface area (Å²) in [5, 5.41) is 10.5. The van der Waals surface area contributed by atoms with Crippen LogP contribution in [0.15, 0.2) is 61.1 Å². The van der Waals surface area contributed by atoms with Crippen molar-refractivity contribution in [2.45, 2.75) is 0 Å². The lowest BCUT2D eigenvalue weighted by Gasteiger charge is -2.03. The van der Waals surface area contributed by atoms with Gasteiger partial charge in [-0.3, -0.25) is 4.72 Å². The van der Waals surface area contributed by atoms with Gasteiger partial charge in [0.15, 0.2) is 0 Å². The minimum absolute atomic E-state index is 0.0992. The maximum atomic E-state index is 12.2. The average Bonchev–Trinajstić information content (AvgIpc) is 2.50. The molecule has 134 valence electrons. The van der Waals surface area contributed by atoms with E-state index in [2.05, 4.69) is 4.72 Å². The summed E-state index contributed by atoms with van der Waals surface area (Å²) in [5.74, 6) is -0.198. The number of benzene rings is 1. The molecule has 9 heteroatoms. The minimum Gasteiger partial charge on any atom is -0.508 e. The van der Waals surface area contributed by atoms with Gasteiger partial charge >= 0.3 is 11.3 Å². The molecular weight excluding hydrogens is 362 g/mol. The van der Waals surface area contributed by atoms with Crippen LogP contribution in [0.3, 0.4) is 0 Å². The molecule has 0 saturated carbocycles. The van der Waals surface area contributed by atoms with Crippen molar-refractivity contribution in [1.82, 2.24) is 4.72 Å². The molecule has 0 fully saturated rings. The van der Waals surface area contributed by atoms with Gasteiger partial charge in [0.05, 0.1) is 16.9 Å². The molecule has 3 rings (SSSR count). The van der Waals surface area contributed by atoms with E-state index >= 15 is 0 Å². The quantitative estimate of drug-likeness (QED) is 0.508. The van der Waals surface area contributed by atoms with Crippen LogP contribution >= 0.6 is 0 Å². The zero-order valence-electron chi connectivity index (χ0n) is 13.4. The van der Waals surface area contributed by atoms with E-state index in [1.807, 2.05) is 0 Å². The molecule has 1 aromatic carbocycles. The van der Waals surface area contributed by atoms with E-state index in [0.29, 0.717) is 10.8 Å². The summed E-state index contributed by atoms with van der Waals surface area (Å²) in [6.45, 7) is 0. The number of sulfonamides is 1. The molecule has 8 nitrogen and oxygen atoms in total. The molecular formula is C17H13NO7S. The van der Waals surface area contributed by atoms with Gasteiger partial charge in [0.1, 0.15) is 16.9 Å². The highest BCUT2D eigenvalue weighted by Gasteiger charge is 2.12. The fourth-order valence-corrected chi connectivity index (χ4v) is 2.73. The number of nitrogens with one attached hydrogen (secondary N) is 1. The molecule has 0 radical (unpaired) electrons. The van der Waals surface area contributed by atoms with Gasteiger partial charge in [0, 0.05) is 29.8 Å². The summed E-state index contributed by atoms with van der Waals surface area (Å²) in [7, 11) is -3.33. The van der Waals surface area contributed by atoms with E-state index in [9.17, 15) is 23.1 Å². The molecule has 0 aliphatic carbocycles. The topological polar surface area (TPSA) is 127 Å². The highest BCUT2D eigenvalue weighted by Crippen LogP contribution is 2.26. The lowest BCUT2D eigenvalue weighted by Crippen LogP contribution is -2.24. The third-order valence-corrected chi connectivity index (χ3v) is 3.93. The fraction of sp³-hybridized carbons (Fsp3) is 0.0588. The number of phenolic OH excluding ortho intramolecular Hbond substituents is 1. The molecule has 3 aromatic rings. The highest BCUT2D eigenvalue weighted by molar-refractivity contribution is 7.88. The first-order chi connectivity index (χ1) is 12.2. The van der Waals surface area contributed by atoms with E-state index in [4.69, 9.17) is 8.83 Å². The van der Waals surface area contributed by atoms with Crippen LogP contribution in [0.25, 0.3) is 28.0 Å². The summed E-state index contributed by atoms with van der Waals surface area (Å²) in [5.41, 5.74) is -1.17. The van der Waals surface area contributed by atoms with Crippen molar-refractivity contribution in [3.8, 4) is 5.75 Å². The third-order valence-electron chi connectivity index (χ3n) is 3.37. The summed E-state index contributed by atoms with van der Waals surface area (Å²) in [4.78, 5) is 24.0. The van der Waals surface area contributed by atoms with Crippen molar-refractivity contribution >= 4 is 38.0 Å². The summed E-state index contributed by atoms with van der Waals surface area (Å²) >= 11 is 0. The van der Waals surface area contributed by atoms with Crippen LogP contribution < -0.4 is 21.2 Å². The lowest BCUT2D eigenvalue weighted by molar-refractivity contribution is 0.470. The molecule has 2 heterocycles. The van der Waals surface area contributed by atoms with Gasteiger partial charge in [-0.1, -0.05) is 12.2 Å². The number of rotatable bonds is 4. The predicted octanol–water partition coefficient (Wildman–Crippen LogP) is 0.723. The SMILES string of the molecule is CS(=O)(=O)N\C=C/C=C\C=c1\c(=O)oc2cc(O)cc3oc(=O)cc1c32. The number of hydrogen-bond acceptors (Lipinski definition) is 7. The molecule has 26 heavy (non-hydrogen) atoms. The van der Waals surface area contributed by atoms with Gasteiger partial charge in [-0.2, -0.15) is 0 Å². The summed E-state index contributed by atoms with van der Waals surface area (Å²) in [6, 6.07) is 3.69. The van der Waals surface area contributed by atoms with E-state index < -0.39 is 21.3 Å². The van der Waals surface area contributed by atoms with Gasteiger partial charge in [0.2, 0.25) is 10.0 Å². The normalized spacial score (nSPS) is 13.5. The lowest BCUT2D eigenvalue weighted by atomic mass is 10.1. The number of allylic oxidation sites excluding steroid dienone is 3. The summed E-state index contributed by atoms with van der Waals surface area (Å²) in [6.07, 6.45) is 8.07. The van der Waals surface area contributed by atoms with E-state index in [1.165, 1.54) is 48.7 Å². The first kappa shape index (κ1) is 17.5. The van der Waals surface area contributed by atoms with E-state index in [1.54, 1.807) is 0 Å². The van der Waals surface area contributed by atoms with Gasteiger partial charge in [0.25, 0.3) is 0 Å². The molecule has 0 bridgehead atoms. The maximum Gasteiger partial charge on any atom is 0.344 e. The fourth-order valence-electron chi connectivity index (χ4n) is 2.40. The van der Waals surface area contributed by atoms with Crippen LogP contribution in [0.2, 0.25) is 0 Å². The van der Waals surface area contributed by atoms with Crippen molar-refractivity contribution < 1.29 is 22.4 Å². The largest absolute Gasteiger partial charge is 0.508 e. The van der Waals surface area contributed by atoms with Gasteiger partial charge in [-0.15, -0.1) is 0 Å². The molecule has 0 atom stereocenters. The van der Waals surface area contributed by atoms with Crippen LogP contribution in [0, 0.1) is 0 Å². The van der Waals surface area contributed by atoms with Crippen LogP contribution in [-0.4, -0.2) is 19.8 Å². The van der Waals surface area contributed by atoms with Gasteiger partial charge in [-0.05, 0) is 12.2 Å². The Morgan fingerprint density at radius 3 is 2.42 bits per heavy atom. The minimum atomic E-state index is -3.33. The molecule has 0 spiro atoms. The Balaban J connectivity index is 2.15. The highest BCUT2D eigenvalue weighted by atomic mass is 32.2. The zero-order valence-corrected chi connectivity index (χ0v) is 14.2. The molecule has 0 aliphatic rings. The Kier molecular flexibility index (Phi) is 4.39. The second kappa shape index (κ2) is 6.52. The van der Waals surface area contributed by atoms with Crippen LogP contribution in [-0.2, 0) is 10.0 Å². The monoisotopic (exact) mass is 375 g/mol. The second-order valence-electron chi connectivity index (χ2n) is 5.40. The third kappa shape index (κ3) is 3.67. The van der Waals surface area contributed by atoms with Crippen molar-refractivity contribution in [3.63, 3.8) is 0 Å². The first-order valence-corrected chi connectivity index (χ1v) is 9.18. The van der Waals surface area contributed by atoms with Crippen molar-refractivity contribution in [1.29, 1.82) is 0 Å². The van der Waals surface area contributed by atoms with Crippen molar-refractivity contribution in [3.05, 3.63) is 68.7 Å². The standard InChI is InChI=1S/C17H13NO7S/c1-26(22,23)18-6-4-2-3-5-11-12-9-15(20)24-13-7-10(19)8-14(16(12)13)25-17(11)21/h2-9,18-19H,1H3/b3-2-,6-4-,11-5+. The van der Waals surface area contributed by atoms with Crippen LogP contribution in [0.4, 0.5) is 0 Å². The summed E-state index contributed by atoms with van der Waals surface area (Å²) < 4.78 is 34.2. The number of phenols is 1. The molecule has 0 unspecified atom stereocenters. The molecule has 0 amide bonds. The number of aromatic hydroxyl groups is 1. The van der Waals surface area contributed by atoms with Crippen molar-refractivity contribution in [2.24, 2.45) is 0 Å². The first-order valence-electron chi connectivity index (χ1n) is 7.29.